The molecule has 5 nitrogen and oxygen atoms in total. The topological polar surface area (TPSA) is 73.2 Å². The summed E-state index contributed by atoms with van der Waals surface area (Å²) in [6.45, 7) is 6.21. The summed E-state index contributed by atoms with van der Waals surface area (Å²) < 4.78 is 28.4. The average Bonchev–Trinajstić information content (AvgIpc) is 2.26. The molecule has 0 amide bonds. The van der Waals surface area contributed by atoms with Crippen LogP contribution in [0.4, 0.5) is 0 Å². The van der Waals surface area contributed by atoms with Crippen LogP contribution in [-0.2, 0) is 10.2 Å². The van der Waals surface area contributed by atoms with Crippen LogP contribution in [0.3, 0.4) is 0 Å². The Hall–Kier alpha value is -0.290. The van der Waals surface area contributed by atoms with E-state index in [0.29, 0.717) is 0 Å². The van der Waals surface area contributed by atoms with E-state index in [0.717, 1.165) is 18.6 Å². The monoisotopic (exact) mass is 305 g/mol. The quantitative estimate of drug-likeness (QED) is 0.837. The molecule has 0 radical (unpaired) electrons. The van der Waals surface area contributed by atoms with Crippen molar-refractivity contribution >= 4 is 22.0 Å². The molecular formula is C12H23N3O2S2. The normalized spacial score (nSPS) is 24.9. The third-order valence-electron chi connectivity index (χ3n) is 3.17. The highest BCUT2D eigenvalue weighted by molar-refractivity contribution is 8.00. The smallest absolute Gasteiger partial charge is 0.199 e. The molecule has 2 atom stereocenters. The van der Waals surface area contributed by atoms with E-state index < -0.39 is 10.2 Å². The third kappa shape index (κ3) is 5.30. The first-order valence-electron chi connectivity index (χ1n) is 6.43. The molecule has 7 heteroatoms. The summed E-state index contributed by atoms with van der Waals surface area (Å²) in [7, 11) is -1.98. The maximum Gasteiger partial charge on any atom is 0.279 e. The molecule has 110 valence electrons. The molecule has 0 aromatic heterocycles. The summed E-state index contributed by atoms with van der Waals surface area (Å²) >= 11 is 1.88. The van der Waals surface area contributed by atoms with Gasteiger partial charge in [0.1, 0.15) is 0 Å². The van der Waals surface area contributed by atoms with Gasteiger partial charge in [-0.15, -0.1) is 0 Å². The molecule has 1 fully saturated rings. The second kappa shape index (κ2) is 6.44. The molecule has 0 aromatic rings. The van der Waals surface area contributed by atoms with Gasteiger partial charge in [0, 0.05) is 24.4 Å². The van der Waals surface area contributed by atoms with E-state index in [-0.39, 0.29) is 23.3 Å². The zero-order chi connectivity index (χ0) is 14.7. The highest BCUT2D eigenvalue weighted by Crippen LogP contribution is 2.35. The molecular weight excluding hydrogens is 282 g/mol. The van der Waals surface area contributed by atoms with Gasteiger partial charge in [0.05, 0.1) is 12.0 Å². The van der Waals surface area contributed by atoms with Gasteiger partial charge < -0.3 is 0 Å². The highest BCUT2D eigenvalue weighted by atomic mass is 32.2. The number of hydrogen-bond donors (Lipinski definition) is 1. The van der Waals surface area contributed by atoms with E-state index in [1.54, 1.807) is 6.92 Å². The first-order chi connectivity index (χ1) is 8.66. The lowest BCUT2D eigenvalue weighted by Gasteiger charge is -2.35. The second-order valence-corrected chi connectivity index (χ2v) is 9.34. The van der Waals surface area contributed by atoms with Crippen LogP contribution < -0.4 is 4.72 Å². The Morgan fingerprint density at radius 2 is 2.21 bits per heavy atom. The van der Waals surface area contributed by atoms with Gasteiger partial charge in [-0.3, -0.25) is 0 Å². The van der Waals surface area contributed by atoms with Crippen LogP contribution in [-0.4, -0.2) is 42.9 Å². The Morgan fingerprint density at radius 1 is 1.58 bits per heavy atom. The fourth-order valence-electron chi connectivity index (χ4n) is 2.16. The fourth-order valence-corrected chi connectivity index (χ4v) is 4.65. The van der Waals surface area contributed by atoms with Crippen molar-refractivity contribution in [3.63, 3.8) is 0 Å². The van der Waals surface area contributed by atoms with Crippen LogP contribution in [0.15, 0.2) is 0 Å². The lowest BCUT2D eigenvalue weighted by molar-refractivity contribution is 0.405. The van der Waals surface area contributed by atoms with Crippen molar-refractivity contribution in [2.75, 3.05) is 19.3 Å². The summed E-state index contributed by atoms with van der Waals surface area (Å²) in [4.78, 5) is 0. The van der Waals surface area contributed by atoms with Gasteiger partial charge in [0.15, 0.2) is 0 Å². The van der Waals surface area contributed by atoms with Crippen molar-refractivity contribution in [2.45, 2.75) is 44.4 Å². The number of thioether (sulfide) groups is 1. The highest BCUT2D eigenvalue weighted by Gasteiger charge is 2.32. The summed E-state index contributed by atoms with van der Waals surface area (Å²) in [5.41, 5.74) is 0. The number of nitriles is 1. The first-order valence-corrected chi connectivity index (χ1v) is 8.86. The Bertz CT molecular complexity index is 442. The van der Waals surface area contributed by atoms with E-state index in [1.807, 2.05) is 17.8 Å². The Labute approximate surface area is 120 Å². The van der Waals surface area contributed by atoms with Crippen LogP contribution in [0, 0.1) is 17.2 Å². The Balaban J connectivity index is 2.62. The van der Waals surface area contributed by atoms with Gasteiger partial charge >= 0.3 is 0 Å². The number of rotatable bonds is 5. The van der Waals surface area contributed by atoms with Gasteiger partial charge in [-0.25, -0.2) is 0 Å². The Kier molecular flexibility index (Phi) is 5.68. The summed E-state index contributed by atoms with van der Waals surface area (Å²) in [5.74, 6) is 0.665. The fraction of sp³-hybridized carbons (Fsp3) is 0.917. The zero-order valence-electron chi connectivity index (χ0n) is 12.0. The predicted molar refractivity (Wildman–Crippen MR) is 79.0 cm³/mol. The van der Waals surface area contributed by atoms with Crippen LogP contribution in [0.1, 0.15) is 33.6 Å². The number of nitrogens with zero attached hydrogens (tertiary/aromatic N) is 2. The number of nitrogens with one attached hydrogen (secondary N) is 1. The third-order valence-corrected chi connectivity index (χ3v) is 6.16. The standard InChI is InChI=1S/C12H23N3O2S2/c1-10(8-13)9-15(4)19(16,17)14-11-5-6-18-12(2,3)7-11/h10-11,14H,5-7,9H2,1-4H3. The van der Waals surface area contributed by atoms with E-state index in [1.165, 1.54) is 11.4 Å². The molecule has 1 aliphatic rings. The molecule has 1 aliphatic heterocycles. The van der Waals surface area contributed by atoms with Crippen molar-refractivity contribution in [2.24, 2.45) is 5.92 Å². The molecule has 1 rings (SSSR count). The molecule has 0 bridgehead atoms. The average molecular weight is 305 g/mol. The van der Waals surface area contributed by atoms with Crippen molar-refractivity contribution in [1.82, 2.24) is 9.03 Å². The number of hydrogen-bond acceptors (Lipinski definition) is 4. The minimum absolute atomic E-state index is 0.0129. The lowest BCUT2D eigenvalue weighted by atomic mass is 10.0. The summed E-state index contributed by atoms with van der Waals surface area (Å²) in [5, 5.41) is 8.74. The van der Waals surface area contributed by atoms with Gasteiger partial charge in [-0.2, -0.15) is 34.5 Å². The van der Waals surface area contributed by atoms with Crippen LogP contribution in [0.25, 0.3) is 0 Å². The molecule has 2 unspecified atom stereocenters. The minimum atomic E-state index is -3.49. The van der Waals surface area contributed by atoms with Crippen LogP contribution in [0.5, 0.6) is 0 Å². The van der Waals surface area contributed by atoms with Crippen molar-refractivity contribution in [3.05, 3.63) is 0 Å². The summed E-state index contributed by atoms with van der Waals surface area (Å²) in [6.07, 6.45) is 1.69. The predicted octanol–water partition coefficient (Wildman–Crippen LogP) is 1.59. The molecule has 19 heavy (non-hydrogen) atoms. The molecule has 0 saturated carbocycles. The molecule has 0 aromatic carbocycles. The van der Waals surface area contributed by atoms with E-state index in [2.05, 4.69) is 18.6 Å². The van der Waals surface area contributed by atoms with Crippen LogP contribution >= 0.6 is 11.8 Å². The maximum atomic E-state index is 12.2. The largest absolute Gasteiger partial charge is 0.279 e. The SMILES string of the molecule is CC(C#N)CN(C)S(=O)(=O)NC1CCSC(C)(C)C1. The molecule has 0 spiro atoms. The molecule has 1 saturated heterocycles. The van der Waals surface area contributed by atoms with Gasteiger partial charge in [0.25, 0.3) is 10.2 Å². The van der Waals surface area contributed by atoms with E-state index in [9.17, 15) is 8.42 Å². The molecule has 1 heterocycles. The molecule has 0 aliphatic carbocycles. The zero-order valence-corrected chi connectivity index (χ0v) is 13.6. The van der Waals surface area contributed by atoms with Crippen molar-refractivity contribution in [3.8, 4) is 6.07 Å². The van der Waals surface area contributed by atoms with E-state index in [4.69, 9.17) is 5.26 Å². The minimum Gasteiger partial charge on any atom is -0.199 e. The van der Waals surface area contributed by atoms with Gasteiger partial charge in [-0.05, 0) is 25.5 Å². The van der Waals surface area contributed by atoms with Gasteiger partial charge in [0.2, 0.25) is 0 Å². The van der Waals surface area contributed by atoms with Crippen molar-refractivity contribution < 1.29 is 8.42 Å². The second-order valence-electron chi connectivity index (χ2n) is 5.73. The molecule has 1 N–H and O–H groups in total. The van der Waals surface area contributed by atoms with E-state index >= 15 is 0 Å². The van der Waals surface area contributed by atoms with Crippen LogP contribution in [0.2, 0.25) is 0 Å². The van der Waals surface area contributed by atoms with Crippen molar-refractivity contribution in [1.29, 1.82) is 5.26 Å². The summed E-state index contributed by atoms with van der Waals surface area (Å²) in [6, 6.07) is 2.03. The first kappa shape index (κ1) is 16.8. The van der Waals surface area contributed by atoms with Gasteiger partial charge in [-0.1, -0.05) is 13.8 Å². The lowest BCUT2D eigenvalue weighted by Crippen LogP contribution is -2.48. The Morgan fingerprint density at radius 3 is 2.74 bits per heavy atom. The maximum absolute atomic E-state index is 12.2.